The Bertz CT molecular complexity index is 627. The summed E-state index contributed by atoms with van der Waals surface area (Å²) in [5.74, 6) is 0.763. The van der Waals surface area contributed by atoms with Crippen molar-refractivity contribution in [3.63, 3.8) is 0 Å². The Kier molecular flexibility index (Phi) is 5.82. The van der Waals surface area contributed by atoms with Crippen molar-refractivity contribution in [3.05, 3.63) is 57.0 Å². The summed E-state index contributed by atoms with van der Waals surface area (Å²) in [5, 5.41) is 2.89. The Labute approximate surface area is 141 Å². The number of ether oxygens (including phenoxy) is 1. The first-order chi connectivity index (χ1) is 10.1. The third-order valence-corrected chi connectivity index (χ3v) is 3.95. The Balaban J connectivity index is 1.98. The van der Waals surface area contributed by atoms with Crippen LogP contribution in [0.1, 0.15) is 12.5 Å². The fourth-order valence-corrected chi connectivity index (χ4v) is 2.99. The quantitative estimate of drug-likeness (QED) is 0.766. The Morgan fingerprint density at radius 1 is 1.14 bits per heavy atom. The van der Waals surface area contributed by atoms with Gasteiger partial charge in [-0.2, -0.15) is 0 Å². The molecule has 0 fully saturated rings. The lowest BCUT2D eigenvalue weighted by Crippen LogP contribution is -2.14. The highest BCUT2D eigenvalue weighted by molar-refractivity contribution is 9.11. The van der Waals surface area contributed by atoms with Crippen LogP contribution in [0.5, 0.6) is 5.75 Å². The van der Waals surface area contributed by atoms with E-state index in [1.807, 2.05) is 49.4 Å². The molecule has 2 aromatic carbocycles. The van der Waals surface area contributed by atoms with Crippen molar-refractivity contribution in [1.29, 1.82) is 0 Å². The van der Waals surface area contributed by atoms with Crippen molar-refractivity contribution in [2.24, 2.45) is 0 Å². The fourth-order valence-electron chi connectivity index (χ4n) is 1.84. The van der Waals surface area contributed by atoms with Gasteiger partial charge in [-0.3, -0.25) is 4.79 Å². The van der Waals surface area contributed by atoms with Crippen molar-refractivity contribution >= 4 is 43.5 Å². The number of nitrogens with one attached hydrogen (secondary N) is 1. The number of carbonyl (C=O) groups is 1. The number of amides is 1. The van der Waals surface area contributed by atoms with E-state index in [9.17, 15) is 4.79 Å². The van der Waals surface area contributed by atoms with Gasteiger partial charge in [0.05, 0.1) is 18.7 Å². The lowest BCUT2D eigenvalue weighted by molar-refractivity contribution is -0.115. The number of hydrogen-bond donors (Lipinski definition) is 1. The molecule has 0 radical (unpaired) electrons. The molecule has 0 heterocycles. The van der Waals surface area contributed by atoms with Gasteiger partial charge in [-0.1, -0.05) is 28.1 Å². The van der Waals surface area contributed by atoms with Crippen LogP contribution >= 0.6 is 31.9 Å². The van der Waals surface area contributed by atoms with Crippen molar-refractivity contribution < 1.29 is 9.53 Å². The van der Waals surface area contributed by atoms with E-state index in [-0.39, 0.29) is 5.91 Å². The zero-order chi connectivity index (χ0) is 15.2. The minimum absolute atomic E-state index is 0.0535. The van der Waals surface area contributed by atoms with Crippen molar-refractivity contribution in [2.45, 2.75) is 13.3 Å². The van der Waals surface area contributed by atoms with Gasteiger partial charge in [0, 0.05) is 8.95 Å². The molecule has 21 heavy (non-hydrogen) atoms. The first-order valence-corrected chi connectivity index (χ1v) is 8.13. The highest BCUT2D eigenvalue weighted by atomic mass is 79.9. The predicted octanol–water partition coefficient (Wildman–Crippen LogP) is 4.79. The van der Waals surface area contributed by atoms with Gasteiger partial charge in [0.15, 0.2) is 0 Å². The molecule has 110 valence electrons. The summed E-state index contributed by atoms with van der Waals surface area (Å²) >= 11 is 6.81. The molecule has 0 unspecified atom stereocenters. The topological polar surface area (TPSA) is 38.3 Å². The number of anilines is 1. The van der Waals surface area contributed by atoms with Crippen LogP contribution in [0, 0.1) is 0 Å². The molecular formula is C16H15Br2NO2. The third kappa shape index (κ3) is 4.86. The van der Waals surface area contributed by atoms with E-state index < -0.39 is 0 Å². The minimum Gasteiger partial charge on any atom is -0.494 e. The molecule has 0 aliphatic rings. The Morgan fingerprint density at radius 3 is 2.48 bits per heavy atom. The van der Waals surface area contributed by atoms with Crippen LogP contribution in [0.15, 0.2) is 51.4 Å². The molecule has 0 spiro atoms. The summed E-state index contributed by atoms with van der Waals surface area (Å²) in [6.07, 6.45) is 0.328. The highest BCUT2D eigenvalue weighted by Crippen LogP contribution is 2.26. The average Bonchev–Trinajstić information content (AvgIpc) is 2.44. The van der Waals surface area contributed by atoms with Gasteiger partial charge in [0.1, 0.15) is 5.75 Å². The maximum absolute atomic E-state index is 12.1. The van der Waals surface area contributed by atoms with Gasteiger partial charge in [0.2, 0.25) is 5.91 Å². The van der Waals surface area contributed by atoms with Crippen LogP contribution in [0.2, 0.25) is 0 Å². The second-order valence-corrected chi connectivity index (χ2v) is 6.20. The molecule has 0 aromatic heterocycles. The van der Waals surface area contributed by atoms with Crippen LogP contribution in [0.25, 0.3) is 0 Å². The second-order valence-electron chi connectivity index (χ2n) is 4.43. The van der Waals surface area contributed by atoms with E-state index >= 15 is 0 Å². The van der Waals surface area contributed by atoms with Crippen LogP contribution in [-0.2, 0) is 11.2 Å². The zero-order valence-electron chi connectivity index (χ0n) is 11.5. The highest BCUT2D eigenvalue weighted by Gasteiger charge is 2.07. The van der Waals surface area contributed by atoms with Crippen molar-refractivity contribution in [3.8, 4) is 5.75 Å². The standard InChI is InChI=1S/C16H15Br2NO2/c1-2-21-13-6-3-11(4-7-13)9-16(20)19-15-8-5-12(17)10-14(15)18/h3-8,10H,2,9H2,1H3,(H,19,20). The second kappa shape index (κ2) is 7.61. The summed E-state index contributed by atoms with van der Waals surface area (Å²) in [6, 6.07) is 13.2. The summed E-state index contributed by atoms with van der Waals surface area (Å²) < 4.78 is 7.18. The number of hydrogen-bond acceptors (Lipinski definition) is 2. The van der Waals surface area contributed by atoms with Crippen LogP contribution in [0.3, 0.4) is 0 Å². The van der Waals surface area contributed by atoms with Crippen LogP contribution in [-0.4, -0.2) is 12.5 Å². The molecule has 2 rings (SSSR count). The van der Waals surface area contributed by atoms with Gasteiger partial charge in [0.25, 0.3) is 0 Å². The molecule has 0 saturated carbocycles. The number of halogens is 2. The van der Waals surface area contributed by atoms with E-state index in [2.05, 4.69) is 37.2 Å². The first-order valence-electron chi connectivity index (χ1n) is 6.55. The van der Waals surface area contributed by atoms with Gasteiger partial charge in [-0.25, -0.2) is 0 Å². The third-order valence-electron chi connectivity index (χ3n) is 2.80. The summed E-state index contributed by atoms with van der Waals surface area (Å²) in [7, 11) is 0. The minimum atomic E-state index is -0.0535. The lowest BCUT2D eigenvalue weighted by Gasteiger charge is -2.08. The summed E-state index contributed by atoms with van der Waals surface area (Å²) in [6.45, 7) is 2.58. The van der Waals surface area contributed by atoms with Crippen LogP contribution < -0.4 is 10.1 Å². The molecular weight excluding hydrogens is 398 g/mol. The van der Waals surface area contributed by atoms with E-state index in [1.54, 1.807) is 0 Å². The van der Waals surface area contributed by atoms with Crippen molar-refractivity contribution in [1.82, 2.24) is 0 Å². The largest absolute Gasteiger partial charge is 0.494 e. The van der Waals surface area contributed by atoms with Crippen LogP contribution in [0.4, 0.5) is 5.69 Å². The van der Waals surface area contributed by atoms with E-state index in [4.69, 9.17) is 4.74 Å². The van der Waals surface area contributed by atoms with E-state index in [1.165, 1.54) is 0 Å². The Hall–Kier alpha value is -1.33. The molecule has 0 bridgehead atoms. The molecule has 0 aliphatic heterocycles. The normalized spacial score (nSPS) is 10.2. The first kappa shape index (κ1) is 16.0. The molecule has 5 heteroatoms. The van der Waals surface area contributed by atoms with Gasteiger partial charge < -0.3 is 10.1 Å². The molecule has 2 aromatic rings. The van der Waals surface area contributed by atoms with Crippen molar-refractivity contribution in [2.75, 3.05) is 11.9 Å². The van der Waals surface area contributed by atoms with Gasteiger partial charge >= 0.3 is 0 Å². The molecule has 1 N–H and O–H groups in total. The maximum atomic E-state index is 12.1. The SMILES string of the molecule is CCOc1ccc(CC(=O)Nc2ccc(Br)cc2Br)cc1. The maximum Gasteiger partial charge on any atom is 0.228 e. The smallest absolute Gasteiger partial charge is 0.228 e. The monoisotopic (exact) mass is 411 g/mol. The van der Waals surface area contributed by atoms with E-state index in [0.717, 1.165) is 25.9 Å². The molecule has 3 nitrogen and oxygen atoms in total. The fraction of sp³-hybridized carbons (Fsp3) is 0.188. The number of benzene rings is 2. The molecule has 0 aliphatic carbocycles. The average molecular weight is 413 g/mol. The van der Waals surface area contributed by atoms with Gasteiger partial charge in [-0.15, -0.1) is 0 Å². The molecule has 0 saturated heterocycles. The molecule has 0 atom stereocenters. The number of rotatable bonds is 5. The lowest BCUT2D eigenvalue weighted by atomic mass is 10.1. The molecule has 1 amide bonds. The Morgan fingerprint density at radius 2 is 1.86 bits per heavy atom. The van der Waals surface area contributed by atoms with E-state index in [0.29, 0.717) is 13.0 Å². The zero-order valence-corrected chi connectivity index (χ0v) is 14.7. The number of carbonyl (C=O) groups excluding carboxylic acids is 1. The van der Waals surface area contributed by atoms with Gasteiger partial charge in [-0.05, 0) is 58.7 Å². The summed E-state index contributed by atoms with van der Waals surface area (Å²) in [5.41, 5.74) is 1.71. The predicted molar refractivity (Wildman–Crippen MR) is 91.8 cm³/mol. The summed E-state index contributed by atoms with van der Waals surface area (Å²) in [4.78, 5) is 12.1.